The number of rotatable bonds is 2. The van der Waals surface area contributed by atoms with Gasteiger partial charge in [-0.25, -0.2) is 4.79 Å². The molecule has 2 rings (SSSR count). The van der Waals surface area contributed by atoms with Crippen molar-refractivity contribution in [1.29, 1.82) is 0 Å². The molecule has 0 aliphatic rings. The number of halogens is 1. The standard InChI is InChI=1S/C13H12BrNO3/c1-7-6-9(4-5-10(7)14)12-11(13(16)17-3)8(2)18-15-12/h4-6H,1-3H3. The van der Waals surface area contributed by atoms with E-state index in [-0.39, 0.29) is 0 Å². The number of ether oxygens (including phenoxy) is 1. The second-order valence-corrected chi connectivity index (χ2v) is 4.77. The lowest BCUT2D eigenvalue weighted by molar-refractivity contribution is 0.0599. The number of carbonyl (C=O) groups is 1. The molecular formula is C13H12BrNO3. The molecule has 1 heterocycles. The summed E-state index contributed by atoms with van der Waals surface area (Å²) in [7, 11) is 1.34. The van der Waals surface area contributed by atoms with Crippen LogP contribution in [0, 0.1) is 13.8 Å². The molecule has 0 aliphatic carbocycles. The first-order chi connectivity index (χ1) is 8.54. The zero-order chi connectivity index (χ0) is 13.3. The SMILES string of the molecule is COC(=O)c1c(-c2ccc(Br)c(C)c2)noc1C. The molecule has 0 radical (unpaired) electrons. The summed E-state index contributed by atoms with van der Waals surface area (Å²) < 4.78 is 10.8. The maximum atomic E-state index is 11.7. The van der Waals surface area contributed by atoms with Gasteiger partial charge in [0, 0.05) is 10.0 Å². The average Bonchev–Trinajstić information content (AvgIpc) is 2.74. The molecule has 0 N–H and O–H groups in total. The molecule has 1 aromatic carbocycles. The third-order valence-corrected chi connectivity index (χ3v) is 3.57. The monoisotopic (exact) mass is 309 g/mol. The predicted molar refractivity (Wildman–Crippen MR) is 70.5 cm³/mol. The highest BCUT2D eigenvalue weighted by Crippen LogP contribution is 2.28. The van der Waals surface area contributed by atoms with Gasteiger partial charge in [-0.2, -0.15) is 0 Å². The summed E-state index contributed by atoms with van der Waals surface area (Å²) in [4.78, 5) is 11.7. The fourth-order valence-electron chi connectivity index (χ4n) is 1.70. The van der Waals surface area contributed by atoms with Crippen LogP contribution in [0.4, 0.5) is 0 Å². The van der Waals surface area contributed by atoms with Gasteiger partial charge in [0.2, 0.25) is 0 Å². The van der Waals surface area contributed by atoms with E-state index in [1.807, 2.05) is 25.1 Å². The van der Waals surface area contributed by atoms with E-state index in [1.54, 1.807) is 6.92 Å². The van der Waals surface area contributed by atoms with Crippen molar-refractivity contribution in [1.82, 2.24) is 5.16 Å². The largest absolute Gasteiger partial charge is 0.465 e. The molecule has 0 atom stereocenters. The van der Waals surface area contributed by atoms with Gasteiger partial charge in [0.1, 0.15) is 17.0 Å². The van der Waals surface area contributed by atoms with Crippen LogP contribution >= 0.6 is 15.9 Å². The van der Waals surface area contributed by atoms with Crippen molar-refractivity contribution in [2.75, 3.05) is 7.11 Å². The van der Waals surface area contributed by atoms with Gasteiger partial charge in [0.15, 0.2) is 0 Å². The number of methoxy groups -OCH3 is 1. The Morgan fingerprint density at radius 3 is 2.72 bits per heavy atom. The first-order valence-electron chi connectivity index (χ1n) is 5.35. The zero-order valence-electron chi connectivity index (χ0n) is 10.3. The number of benzene rings is 1. The minimum atomic E-state index is -0.440. The van der Waals surface area contributed by atoms with Crippen LogP contribution in [-0.4, -0.2) is 18.2 Å². The molecular weight excluding hydrogens is 298 g/mol. The third-order valence-electron chi connectivity index (χ3n) is 2.68. The molecule has 5 heteroatoms. The van der Waals surface area contributed by atoms with Gasteiger partial charge < -0.3 is 9.26 Å². The molecule has 0 bridgehead atoms. The second kappa shape index (κ2) is 4.94. The van der Waals surface area contributed by atoms with E-state index < -0.39 is 5.97 Å². The fraction of sp³-hybridized carbons (Fsp3) is 0.231. The molecule has 18 heavy (non-hydrogen) atoms. The number of hydrogen-bond donors (Lipinski definition) is 0. The van der Waals surface area contributed by atoms with E-state index >= 15 is 0 Å². The van der Waals surface area contributed by atoms with Gasteiger partial charge >= 0.3 is 5.97 Å². The van der Waals surface area contributed by atoms with Crippen LogP contribution in [0.15, 0.2) is 27.2 Å². The number of esters is 1. The van der Waals surface area contributed by atoms with Crippen LogP contribution in [0.1, 0.15) is 21.7 Å². The van der Waals surface area contributed by atoms with Gasteiger partial charge in [-0.05, 0) is 31.5 Å². The van der Waals surface area contributed by atoms with Gasteiger partial charge in [-0.3, -0.25) is 0 Å². The molecule has 2 aromatic rings. The Hall–Kier alpha value is -1.62. The Morgan fingerprint density at radius 2 is 2.11 bits per heavy atom. The van der Waals surface area contributed by atoms with E-state index in [0.717, 1.165) is 15.6 Å². The second-order valence-electron chi connectivity index (χ2n) is 3.92. The lowest BCUT2D eigenvalue weighted by Gasteiger charge is -2.03. The van der Waals surface area contributed by atoms with Crippen molar-refractivity contribution in [2.45, 2.75) is 13.8 Å². The minimum Gasteiger partial charge on any atom is -0.465 e. The van der Waals surface area contributed by atoms with Crippen molar-refractivity contribution in [2.24, 2.45) is 0 Å². The molecule has 0 spiro atoms. The molecule has 0 saturated carbocycles. The van der Waals surface area contributed by atoms with Crippen molar-refractivity contribution in [3.8, 4) is 11.3 Å². The quantitative estimate of drug-likeness (QED) is 0.797. The van der Waals surface area contributed by atoms with Gasteiger partial charge in [-0.15, -0.1) is 0 Å². The summed E-state index contributed by atoms with van der Waals surface area (Å²) in [6, 6.07) is 5.73. The van der Waals surface area contributed by atoms with E-state index in [0.29, 0.717) is 17.0 Å². The minimum absolute atomic E-state index is 0.374. The topological polar surface area (TPSA) is 52.3 Å². The van der Waals surface area contributed by atoms with Crippen LogP contribution in [0.5, 0.6) is 0 Å². The Balaban J connectivity index is 2.57. The molecule has 0 amide bonds. The predicted octanol–water partition coefficient (Wildman–Crippen LogP) is 3.51. The van der Waals surface area contributed by atoms with Crippen molar-refractivity contribution in [3.63, 3.8) is 0 Å². The third kappa shape index (κ3) is 2.18. The Bertz CT molecular complexity index is 604. The summed E-state index contributed by atoms with van der Waals surface area (Å²) in [5.74, 6) is 0.0155. The first kappa shape index (κ1) is 12.8. The number of nitrogens with zero attached hydrogens (tertiary/aromatic N) is 1. The van der Waals surface area contributed by atoms with Crippen LogP contribution in [0.2, 0.25) is 0 Å². The van der Waals surface area contributed by atoms with Crippen LogP contribution < -0.4 is 0 Å². The molecule has 0 saturated heterocycles. The summed E-state index contributed by atoms with van der Waals surface area (Å²) in [5, 5.41) is 3.93. The first-order valence-corrected chi connectivity index (χ1v) is 6.15. The number of aromatic nitrogens is 1. The lowest BCUT2D eigenvalue weighted by atomic mass is 10.0. The Labute approximate surface area is 113 Å². The smallest absolute Gasteiger partial charge is 0.343 e. The van der Waals surface area contributed by atoms with Crippen LogP contribution in [0.3, 0.4) is 0 Å². The Morgan fingerprint density at radius 1 is 1.39 bits per heavy atom. The van der Waals surface area contributed by atoms with Crippen LogP contribution in [0.25, 0.3) is 11.3 Å². The molecule has 0 aliphatic heterocycles. The highest BCUT2D eigenvalue weighted by Gasteiger charge is 2.22. The summed E-state index contributed by atoms with van der Waals surface area (Å²) >= 11 is 3.43. The van der Waals surface area contributed by atoms with Gasteiger partial charge in [0.05, 0.1) is 7.11 Å². The van der Waals surface area contributed by atoms with E-state index in [4.69, 9.17) is 9.26 Å². The summed E-state index contributed by atoms with van der Waals surface area (Å²) in [5.41, 5.74) is 2.77. The van der Waals surface area contributed by atoms with E-state index in [1.165, 1.54) is 7.11 Å². The Kier molecular flexibility index (Phi) is 3.52. The normalized spacial score (nSPS) is 10.4. The van der Waals surface area contributed by atoms with E-state index in [2.05, 4.69) is 21.1 Å². The molecule has 4 nitrogen and oxygen atoms in total. The van der Waals surface area contributed by atoms with Crippen molar-refractivity contribution in [3.05, 3.63) is 39.6 Å². The maximum Gasteiger partial charge on any atom is 0.343 e. The van der Waals surface area contributed by atoms with E-state index in [9.17, 15) is 4.79 Å². The molecule has 94 valence electrons. The van der Waals surface area contributed by atoms with Gasteiger partial charge in [0.25, 0.3) is 0 Å². The number of carbonyl (C=O) groups excluding carboxylic acids is 1. The number of aryl methyl sites for hydroxylation is 2. The fourth-order valence-corrected chi connectivity index (χ4v) is 1.95. The molecule has 0 unspecified atom stereocenters. The number of hydrogen-bond acceptors (Lipinski definition) is 4. The van der Waals surface area contributed by atoms with Crippen molar-refractivity contribution >= 4 is 21.9 Å². The van der Waals surface area contributed by atoms with Gasteiger partial charge in [-0.1, -0.05) is 27.2 Å². The summed E-state index contributed by atoms with van der Waals surface area (Å²) in [6.07, 6.45) is 0. The van der Waals surface area contributed by atoms with Crippen LogP contribution in [-0.2, 0) is 4.74 Å². The molecule has 0 fully saturated rings. The lowest BCUT2D eigenvalue weighted by Crippen LogP contribution is -2.03. The average molecular weight is 310 g/mol. The molecule has 1 aromatic heterocycles. The zero-order valence-corrected chi connectivity index (χ0v) is 11.9. The highest BCUT2D eigenvalue weighted by atomic mass is 79.9. The summed E-state index contributed by atoms with van der Waals surface area (Å²) in [6.45, 7) is 3.66. The van der Waals surface area contributed by atoms with Crippen molar-refractivity contribution < 1.29 is 14.1 Å². The maximum absolute atomic E-state index is 11.7. The highest BCUT2D eigenvalue weighted by molar-refractivity contribution is 9.10.